The predicted molar refractivity (Wildman–Crippen MR) is 57.8 cm³/mol. The van der Waals surface area contributed by atoms with Crippen molar-refractivity contribution in [3.63, 3.8) is 0 Å². The highest BCUT2D eigenvalue weighted by atomic mass is 32.2. The Balaban J connectivity index is 3.03. The van der Waals surface area contributed by atoms with Gasteiger partial charge in [-0.2, -0.15) is 0 Å². The molecule has 0 aliphatic rings. The van der Waals surface area contributed by atoms with Gasteiger partial charge in [-0.3, -0.25) is 0 Å². The van der Waals surface area contributed by atoms with Gasteiger partial charge in [0.2, 0.25) is 10.0 Å². The minimum Gasteiger partial charge on any atom is -0.396 e. The van der Waals surface area contributed by atoms with Crippen LogP contribution in [0.2, 0.25) is 0 Å². The van der Waals surface area contributed by atoms with Gasteiger partial charge in [0.1, 0.15) is 16.5 Å². The van der Waals surface area contributed by atoms with Gasteiger partial charge in [-0.15, -0.1) is 0 Å². The van der Waals surface area contributed by atoms with Gasteiger partial charge in [0.25, 0.3) is 0 Å². The Labute approximate surface area is 97.6 Å². The molecule has 1 aromatic carbocycles. The van der Waals surface area contributed by atoms with Crippen LogP contribution in [-0.2, 0) is 14.8 Å². The highest BCUT2D eigenvalue weighted by molar-refractivity contribution is 7.89. The largest absolute Gasteiger partial charge is 0.396 e. The molecule has 0 fully saturated rings. The monoisotopic (exact) mass is 266 g/mol. The molecule has 0 saturated carbocycles. The molecule has 0 saturated heterocycles. The Morgan fingerprint density at radius 3 is 2.59 bits per heavy atom. The SMILES string of the molecule is COCCNS(=O)(=O)c1cc(N)c(F)cc1F. The van der Waals surface area contributed by atoms with E-state index < -0.39 is 32.2 Å². The van der Waals surface area contributed by atoms with Gasteiger partial charge in [0.15, 0.2) is 0 Å². The molecule has 1 aromatic rings. The number of nitrogens with one attached hydrogen (secondary N) is 1. The molecule has 0 amide bonds. The van der Waals surface area contributed by atoms with Crippen LogP contribution in [0.1, 0.15) is 0 Å². The average molecular weight is 266 g/mol. The fourth-order valence-electron chi connectivity index (χ4n) is 1.11. The van der Waals surface area contributed by atoms with Crippen molar-refractivity contribution in [2.24, 2.45) is 0 Å². The van der Waals surface area contributed by atoms with Gasteiger partial charge in [-0.1, -0.05) is 0 Å². The number of benzene rings is 1. The molecule has 0 spiro atoms. The van der Waals surface area contributed by atoms with Crippen LogP contribution in [0.3, 0.4) is 0 Å². The van der Waals surface area contributed by atoms with Gasteiger partial charge in [0.05, 0.1) is 12.3 Å². The lowest BCUT2D eigenvalue weighted by Gasteiger charge is -2.08. The van der Waals surface area contributed by atoms with Crippen molar-refractivity contribution in [2.45, 2.75) is 4.90 Å². The molecule has 17 heavy (non-hydrogen) atoms. The lowest BCUT2D eigenvalue weighted by atomic mass is 10.3. The summed E-state index contributed by atoms with van der Waals surface area (Å²) in [6.07, 6.45) is 0. The highest BCUT2D eigenvalue weighted by Gasteiger charge is 2.20. The summed E-state index contributed by atoms with van der Waals surface area (Å²) >= 11 is 0. The maximum Gasteiger partial charge on any atom is 0.243 e. The summed E-state index contributed by atoms with van der Waals surface area (Å²) in [4.78, 5) is -0.687. The minimum absolute atomic E-state index is 0.0183. The fraction of sp³-hybridized carbons (Fsp3) is 0.333. The van der Waals surface area contributed by atoms with Gasteiger partial charge in [0, 0.05) is 19.7 Å². The van der Waals surface area contributed by atoms with Crippen LogP contribution < -0.4 is 10.5 Å². The third-order valence-electron chi connectivity index (χ3n) is 1.94. The Hall–Kier alpha value is -1.25. The molecule has 96 valence electrons. The maximum absolute atomic E-state index is 13.3. The third kappa shape index (κ3) is 3.35. The van der Waals surface area contributed by atoms with Crippen LogP contribution in [0.4, 0.5) is 14.5 Å². The predicted octanol–water partition coefficient (Wildman–Crippen LogP) is 0.472. The number of ether oxygens (including phenoxy) is 1. The number of sulfonamides is 1. The van der Waals surface area contributed by atoms with Crippen molar-refractivity contribution in [3.05, 3.63) is 23.8 Å². The second-order valence-corrected chi connectivity index (χ2v) is 4.93. The molecule has 0 radical (unpaired) electrons. The first-order valence-corrected chi connectivity index (χ1v) is 6.10. The number of halogens is 2. The highest BCUT2D eigenvalue weighted by Crippen LogP contribution is 2.20. The van der Waals surface area contributed by atoms with E-state index in [1.54, 1.807) is 0 Å². The third-order valence-corrected chi connectivity index (χ3v) is 3.42. The molecule has 0 heterocycles. The van der Waals surface area contributed by atoms with Crippen molar-refractivity contribution in [2.75, 3.05) is 26.0 Å². The molecule has 0 bridgehead atoms. The number of nitrogens with two attached hydrogens (primary N) is 1. The topological polar surface area (TPSA) is 81.4 Å². The second kappa shape index (κ2) is 5.39. The van der Waals surface area contributed by atoms with Crippen molar-refractivity contribution >= 4 is 15.7 Å². The number of nitrogen functional groups attached to an aromatic ring is 1. The number of anilines is 1. The molecule has 0 unspecified atom stereocenters. The summed E-state index contributed by atoms with van der Waals surface area (Å²) in [5.74, 6) is -2.19. The molecular weight excluding hydrogens is 254 g/mol. The summed E-state index contributed by atoms with van der Waals surface area (Å²) in [5, 5.41) is 0. The summed E-state index contributed by atoms with van der Waals surface area (Å²) in [5.41, 5.74) is 4.75. The molecule has 3 N–H and O–H groups in total. The zero-order valence-electron chi connectivity index (χ0n) is 9.04. The van der Waals surface area contributed by atoms with E-state index in [4.69, 9.17) is 5.73 Å². The maximum atomic E-state index is 13.3. The lowest BCUT2D eigenvalue weighted by Crippen LogP contribution is -2.28. The van der Waals surface area contributed by atoms with E-state index in [1.807, 2.05) is 0 Å². The van der Waals surface area contributed by atoms with Crippen LogP contribution >= 0.6 is 0 Å². The molecule has 0 atom stereocenters. The number of rotatable bonds is 5. The molecule has 0 aromatic heterocycles. The normalized spacial score (nSPS) is 11.7. The number of hydrogen-bond acceptors (Lipinski definition) is 4. The smallest absolute Gasteiger partial charge is 0.243 e. The first kappa shape index (κ1) is 13.8. The summed E-state index contributed by atoms with van der Waals surface area (Å²) < 4.78 is 56.1. The first-order valence-electron chi connectivity index (χ1n) is 4.61. The number of hydrogen-bond donors (Lipinski definition) is 2. The molecular formula is C9H12F2N2O3S. The van der Waals surface area contributed by atoms with Gasteiger partial charge < -0.3 is 10.5 Å². The van der Waals surface area contributed by atoms with E-state index in [-0.39, 0.29) is 13.2 Å². The Bertz CT molecular complexity index is 505. The van der Waals surface area contributed by atoms with Crippen LogP contribution in [0.25, 0.3) is 0 Å². The summed E-state index contributed by atoms with van der Waals surface area (Å²) in [6, 6.07) is 1.17. The zero-order chi connectivity index (χ0) is 13.1. The lowest BCUT2D eigenvalue weighted by molar-refractivity contribution is 0.204. The van der Waals surface area contributed by atoms with Gasteiger partial charge in [-0.05, 0) is 6.07 Å². The van der Waals surface area contributed by atoms with E-state index in [2.05, 4.69) is 9.46 Å². The summed E-state index contributed by atoms with van der Waals surface area (Å²) in [6.45, 7) is 0.118. The van der Waals surface area contributed by atoms with Crippen LogP contribution in [0.15, 0.2) is 17.0 Å². The van der Waals surface area contributed by atoms with E-state index in [0.717, 1.165) is 6.07 Å². The van der Waals surface area contributed by atoms with Gasteiger partial charge >= 0.3 is 0 Å². The molecule has 1 rings (SSSR count). The van der Waals surface area contributed by atoms with Crippen molar-refractivity contribution in [1.29, 1.82) is 0 Å². The molecule has 0 aliphatic carbocycles. The summed E-state index contributed by atoms with van der Waals surface area (Å²) in [7, 11) is -2.66. The first-order chi connectivity index (χ1) is 7.88. The Kier molecular flexibility index (Phi) is 4.38. The fourth-order valence-corrected chi connectivity index (χ4v) is 2.21. The van der Waals surface area contributed by atoms with E-state index >= 15 is 0 Å². The average Bonchev–Trinajstić information content (AvgIpc) is 2.23. The van der Waals surface area contributed by atoms with Gasteiger partial charge in [-0.25, -0.2) is 21.9 Å². The van der Waals surface area contributed by atoms with E-state index in [9.17, 15) is 17.2 Å². The van der Waals surface area contributed by atoms with Crippen LogP contribution in [0.5, 0.6) is 0 Å². The van der Waals surface area contributed by atoms with Crippen molar-refractivity contribution < 1.29 is 21.9 Å². The van der Waals surface area contributed by atoms with Crippen molar-refractivity contribution in [3.8, 4) is 0 Å². The Morgan fingerprint density at radius 1 is 1.35 bits per heavy atom. The van der Waals surface area contributed by atoms with Crippen LogP contribution in [-0.4, -0.2) is 28.7 Å². The second-order valence-electron chi connectivity index (χ2n) is 3.19. The Morgan fingerprint density at radius 2 is 2.00 bits per heavy atom. The van der Waals surface area contributed by atoms with E-state index in [0.29, 0.717) is 6.07 Å². The number of methoxy groups -OCH3 is 1. The van der Waals surface area contributed by atoms with E-state index in [1.165, 1.54) is 7.11 Å². The minimum atomic E-state index is -4.05. The quantitative estimate of drug-likeness (QED) is 0.599. The van der Waals surface area contributed by atoms with Crippen LogP contribution in [0, 0.1) is 11.6 Å². The molecule has 0 aliphatic heterocycles. The van der Waals surface area contributed by atoms with Crippen molar-refractivity contribution in [1.82, 2.24) is 4.72 Å². The standard InChI is InChI=1S/C9H12F2N2O3S/c1-16-3-2-13-17(14,15)9-5-8(12)6(10)4-7(9)11/h4-5,13H,2-3,12H2,1H3. The molecule has 8 heteroatoms. The zero-order valence-corrected chi connectivity index (χ0v) is 9.85. The molecule has 5 nitrogen and oxygen atoms in total.